The van der Waals surface area contributed by atoms with E-state index in [0.29, 0.717) is 21.9 Å². The molecule has 0 spiro atoms. The molecule has 0 unspecified atom stereocenters. The Morgan fingerprint density at radius 2 is 1.71 bits per heavy atom. The number of hydrogen-bond donors (Lipinski definition) is 1. The number of nitrogens with one attached hydrogen (secondary N) is 1. The molecule has 7 heteroatoms. The standard InChI is InChI=1S/C28H25N3O3S/c1-16-9-10-22(19(4)12-16)29-24(32)15-35-28-30-25-21-7-5-6-8-23(21)34-26(25)27(33)31(28)20-13-17(2)11-18(3)14-20/h5-14H,15H2,1-4H3,(H,29,32). The van der Waals surface area contributed by atoms with E-state index in [2.05, 4.69) is 5.32 Å². The molecule has 0 fully saturated rings. The maximum absolute atomic E-state index is 13.7. The number of furan rings is 1. The van der Waals surface area contributed by atoms with E-state index in [9.17, 15) is 9.59 Å². The summed E-state index contributed by atoms with van der Waals surface area (Å²) in [5, 5.41) is 4.18. The number of para-hydroxylation sites is 1. The number of carbonyl (C=O) groups is 1. The number of benzene rings is 3. The summed E-state index contributed by atoms with van der Waals surface area (Å²) in [5.74, 6) is -0.0633. The summed E-state index contributed by atoms with van der Waals surface area (Å²) >= 11 is 1.23. The van der Waals surface area contributed by atoms with Gasteiger partial charge in [-0.15, -0.1) is 0 Å². The van der Waals surface area contributed by atoms with E-state index in [0.717, 1.165) is 33.3 Å². The molecule has 0 saturated heterocycles. The topological polar surface area (TPSA) is 77.1 Å². The lowest BCUT2D eigenvalue weighted by Gasteiger charge is -2.14. The Labute approximate surface area is 207 Å². The van der Waals surface area contributed by atoms with Crippen LogP contribution in [-0.2, 0) is 4.79 Å². The van der Waals surface area contributed by atoms with Gasteiger partial charge in [0, 0.05) is 11.1 Å². The fourth-order valence-electron chi connectivity index (χ4n) is 4.30. The smallest absolute Gasteiger partial charge is 0.302 e. The van der Waals surface area contributed by atoms with E-state index in [1.807, 2.05) is 88.4 Å². The zero-order valence-electron chi connectivity index (χ0n) is 20.0. The van der Waals surface area contributed by atoms with Crippen molar-refractivity contribution in [3.8, 4) is 5.69 Å². The molecule has 5 aromatic rings. The number of aryl methyl sites for hydroxylation is 4. The first-order valence-electron chi connectivity index (χ1n) is 11.3. The lowest BCUT2D eigenvalue weighted by atomic mass is 10.1. The van der Waals surface area contributed by atoms with Crippen molar-refractivity contribution in [1.82, 2.24) is 9.55 Å². The minimum absolute atomic E-state index is 0.103. The lowest BCUT2D eigenvalue weighted by Crippen LogP contribution is -2.22. The molecule has 3 aromatic carbocycles. The third kappa shape index (κ3) is 4.47. The molecule has 2 heterocycles. The van der Waals surface area contributed by atoms with Crippen molar-refractivity contribution < 1.29 is 9.21 Å². The van der Waals surface area contributed by atoms with Gasteiger partial charge in [0.05, 0.1) is 11.4 Å². The van der Waals surface area contributed by atoms with E-state index >= 15 is 0 Å². The molecular formula is C28H25N3O3S. The molecule has 5 rings (SSSR count). The van der Waals surface area contributed by atoms with E-state index in [4.69, 9.17) is 9.40 Å². The van der Waals surface area contributed by atoms with Crippen LogP contribution >= 0.6 is 11.8 Å². The predicted octanol–water partition coefficient (Wildman–Crippen LogP) is 6.10. The number of rotatable bonds is 5. The Morgan fingerprint density at radius 3 is 2.46 bits per heavy atom. The van der Waals surface area contributed by atoms with Gasteiger partial charge in [-0.05, 0) is 74.7 Å². The van der Waals surface area contributed by atoms with E-state index in [-0.39, 0.29) is 22.8 Å². The van der Waals surface area contributed by atoms with Crippen LogP contribution in [0.2, 0.25) is 0 Å². The quantitative estimate of drug-likeness (QED) is 0.242. The van der Waals surface area contributed by atoms with Crippen LogP contribution in [0.3, 0.4) is 0 Å². The van der Waals surface area contributed by atoms with E-state index < -0.39 is 0 Å². The van der Waals surface area contributed by atoms with Crippen molar-refractivity contribution in [3.63, 3.8) is 0 Å². The molecule has 1 amide bonds. The minimum atomic E-state index is -0.298. The monoisotopic (exact) mass is 483 g/mol. The van der Waals surface area contributed by atoms with Gasteiger partial charge in [0.15, 0.2) is 5.16 Å². The molecule has 176 valence electrons. The van der Waals surface area contributed by atoms with E-state index in [1.165, 1.54) is 11.8 Å². The fraction of sp³-hybridized carbons (Fsp3) is 0.179. The highest BCUT2D eigenvalue weighted by molar-refractivity contribution is 7.99. The summed E-state index contributed by atoms with van der Waals surface area (Å²) in [6, 6.07) is 19.3. The van der Waals surface area contributed by atoms with Crippen LogP contribution < -0.4 is 10.9 Å². The highest BCUT2D eigenvalue weighted by atomic mass is 32.2. The first-order valence-corrected chi connectivity index (χ1v) is 12.3. The molecule has 2 aromatic heterocycles. The minimum Gasteiger partial charge on any atom is -0.448 e. The van der Waals surface area contributed by atoms with Crippen LogP contribution in [-0.4, -0.2) is 21.2 Å². The second-order valence-corrected chi connectivity index (χ2v) is 9.75. The Morgan fingerprint density at radius 1 is 0.971 bits per heavy atom. The summed E-state index contributed by atoms with van der Waals surface area (Å²) in [6.07, 6.45) is 0. The number of hydrogen-bond acceptors (Lipinski definition) is 5. The highest BCUT2D eigenvalue weighted by Gasteiger charge is 2.20. The summed E-state index contributed by atoms with van der Waals surface area (Å²) in [7, 11) is 0. The van der Waals surface area contributed by atoms with Crippen LogP contribution in [0.25, 0.3) is 27.8 Å². The fourth-order valence-corrected chi connectivity index (χ4v) is 5.10. The molecular weight excluding hydrogens is 458 g/mol. The molecule has 0 radical (unpaired) electrons. The van der Waals surface area contributed by atoms with Gasteiger partial charge < -0.3 is 9.73 Å². The molecule has 0 saturated carbocycles. The molecule has 6 nitrogen and oxygen atoms in total. The summed E-state index contributed by atoms with van der Waals surface area (Å²) in [5.41, 5.74) is 6.68. The molecule has 0 bridgehead atoms. The number of anilines is 1. The number of carbonyl (C=O) groups excluding carboxylic acids is 1. The number of fused-ring (bicyclic) bond motifs is 3. The third-order valence-electron chi connectivity index (χ3n) is 5.82. The lowest BCUT2D eigenvalue weighted by molar-refractivity contribution is -0.113. The van der Waals surface area contributed by atoms with Gasteiger partial charge >= 0.3 is 5.56 Å². The van der Waals surface area contributed by atoms with Crippen LogP contribution in [0.4, 0.5) is 5.69 Å². The van der Waals surface area contributed by atoms with Gasteiger partial charge in [-0.25, -0.2) is 4.98 Å². The Balaban J connectivity index is 1.57. The molecule has 0 aliphatic rings. The molecule has 0 aliphatic carbocycles. The molecule has 0 atom stereocenters. The average Bonchev–Trinajstić information content (AvgIpc) is 3.18. The second kappa shape index (κ2) is 9.07. The zero-order valence-corrected chi connectivity index (χ0v) is 20.8. The Hall–Kier alpha value is -3.84. The molecule has 0 aliphatic heterocycles. The van der Waals surface area contributed by atoms with Crippen LogP contribution in [0.5, 0.6) is 0 Å². The largest absolute Gasteiger partial charge is 0.448 e. The van der Waals surface area contributed by atoms with Gasteiger partial charge in [-0.2, -0.15) is 0 Å². The van der Waals surface area contributed by atoms with Gasteiger partial charge in [0.2, 0.25) is 11.5 Å². The average molecular weight is 484 g/mol. The third-order valence-corrected chi connectivity index (χ3v) is 6.76. The van der Waals surface area contributed by atoms with Crippen molar-refractivity contribution in [1.29, 1.82) is 0 Å². The normalized spacial score (nSPS) is 11.3. The van der Waals surface area contributed by atoms with Crippen LogP contribution in [0, 0.1) is 27.7 Å². The predicted molar refractivity (Wildman–Crippen MR) is 142 cm³/mol. The SMILES string of the molecule is Cc1cc(C)cc(-n2c(SCC(=O)Nc3ccc(C)cc3C)nc3c(oc4ccccc43)c2=O)c1. The Bertz CT molecular complexity index is 1650. The zero-order chi connectivity index (χ0) is 24.7. The van der Waals surface area contributed by atoms with Crippen molar-refractivity contribution in [2.45, 2.75) is 32.9 Å². The maximum Gasteiger partial charge on any atom is 0.302 e. The van der Waals surface area contributed by atoms with Crippen molar-refractivity contribution in [2.75, 3.05) is 11.1 Å². The maximum atomic E-state index is 13.7. The van der Waals surface area contributed by atoms with Crippen LogP contribution in [0.1, 0.15) is 22.3 Å². The number of aromatic nitrogens is 2. The second-order valence-electron chi connectivity index (χ2n) is 8.81. The van der Waals surface area contributed by atoms with Crippen molar-refractivity contribution >= 4 is 45.4 Å². The molecule has 35 heavy (non-hydrogen) atoms. The number of nitrogens with zero attached hydrogens (tertiary/aromatic N) is 2. The first-order chi connectivity index (χ1) is 16.8. The van der Waals surface area contributed by atoms with Gasteiger partial charge in [-0.3, -0.25) is 14.2 Å². The van der Waals surface area contributed by atoms with Gasteiger partial charge in [-0.1, -0.05) is 47.7 Å². The van der Waals surface area contributed by atoms with Crippen LogP contribution in [0.15, 0.2) is 75.0 Å². The summed E-state index contributed by atoms with van der Waals surface area (Å²) < 4.78 is 7.45. The summed E-state index contributed by atoms with van der Waals surface area (Å²) in [6.45, 7) is 7.95. The molecule has 1 N–H and O–H groups in total. The van der Waals surface area contributed by atoms with Crippen molar-refractivity contribution in [3.05, 3.63) is 93.3 Å². The number of amides is 1. The van der Waals surface area contributed by atoms with E-state index in [1.54, 1.807) is 4.57 Å². The van der Waals surface area contributed by atoms with Gasteiger partial charge in [0.1, 0.15) is 11.1 Å². The van der Waals surface area contributed by atoms with Gasteiger partial charge in [0.25, 0.3) is 0 Å². The van der Waals surface area contributed by atoms with Crippen molar-refractivity contribution in [2.24, 2.45) is 0 Å². The summed E-state index contributed by atoms with van der Waals surface area (Å²) in [4.78, 5) is 31.3. The Kier molecular flexibility index (Phi) is 5.94. The first kappa shape index (κ1) is 22.9. The number of thioether (sulfide) groups is 1. The highest BCUT2D eigenvalue weighted by Crippen LogP contribution is 2.29.